The van der Waals surface area contributed by atoms with Crippen LogP contribution in [0.1, 0.15) is 16.0 Å². The van der Waals surface area contributed by atoms with Crippen LogP contribution in [0.2, 0.25) is 0 Å². The van der Waals surface area contributed by atoms with Crippen LogP contribution in [0.15, 0.2) is 65.6 Å². The molecule has 120 valence electrons. The van der Waals surface area contributed by atoms with E-state index in [1.807, 2.05) is 24.3 Å². The van der Waals surface area contributed by atoms with Crippen LogP contribution < -0.4 is 4.87 Å². The zero-order valence-electron chi connectivity index (χ0n) is 12.9. The van der Waals surface area contributed by atoms with Gasteiger partial charge < -0.3 is 9.67 Å². The molecule has 2 aromatic heterocycles. The minimum absolute atomic E-state index is 0.0215. The van der Waals surface area contributed by atoms with Crippen LogP contribution in [0.4, 0.5) is 0 Å². The molecule has 4 aromatic rings. The van der Waals surface area contributed by atoms with Crippen molar-refractivity contribution in [2.75, 3.05) is 0 Å². The lowest BCUT2D eigenvalue weighted by molar-refractivity contribution is 0.451. The summed E-state index contributed by atoms with van der Waals surface area (Å²) in [6.45, 7) is 0.837. The lowest BCUT2D eigenvalue weighted by atomic mass is 10.1. The highest BCUT2D eigenvalue weighted by Gasteiger charge is 2.09. The predicted molar refractivity (Wildman–Crippen MR) is 96.9 cm³/mol. The standard InChI is InChI=1S/C19H16N2O2S/c22-18-17(24-19(23)20-18)11-14-6-7-16-15(10-14)8-9-21(16)12-13-4-2-1-3-5-13/h1-10,22H,11-12H2,(H,20,23). The van der Waals surface area contributed by atoms with E-state index in [9.17, 15) is 9.90 Å². The Balaban J connectivity index is 1.63. The van der Waals surface area contributed by atoms with E-state index in [1.165, 1.54) is 11.1 Å². The van der Waals surface area contributed by atoms with Gasteiger partial charge in [-0.1, -0.05) is 47.7 Å². The third-order valence-electron chi connectivity index (χ3n) is 4.10. The highest BCUT2D eigenvalue weighted by Crippen LogP contribution is 2.24. The Bertz CT molecular complexity index is 1040. The molecule has 0 amide bonds. The lowest BCUT2D eigenvalue weighted by Crippen LogP contribution is -1.97. The summed E-state index contributed by atoms with van der Waals surface area (Å²) in [5.41, 5.74) is 3.51. The van der Waals surface area contributed by atoms with E-state index >= 15 is 0 Å². The molecule has 24 heavy (non-hydrogen) atoms. The second kappa shape index (κ2) is 6.02. The van der Waals surface area contributed by atoms with Crippen molar-refractivity contribution >= 4 is 22.2 Å². The molecule has 2 heterocycles. The molecule has 0 radical (unpaired) electrons. The number of H-pyrrole nitrogens is 1. The number of hydrogen-bond acceptors (Lipinski definition) is 3. The van der Waals surface area contributed by atoms with Crippen molar-refractivity contribution in [2.45, 2.75) is 13.0 Å². The summed E-state index contributed by atoms with van der Waals surface area (Å²) in [6, 6.07) is 18.7. The molecule has 0 atom stereocenters. The topological polar surface area (TPSA) is 58.0 Å². The van der Waals surface area contributed by atoms with Crippen LogP contribution >= 0.6 is 11.3 Å². The van der Waals surface area contributed by atoms with Gasteiger partial charge in [0.05, 0.1) is 4.88 Å². The Labute approximate surface area is 142 Å². The molecular formula is C19H16N2O2S. The lowest BCUT2D eigenvalue weighted by Gasteiger charge is -2.06. The van der Waals surface area contributed by atoms with Crippen LogP contribution in [-0.2, 0) is 13.0 Å². The quantitative estimate of drug-likeness (QED) is 0.596. The van der Waals surface area contributed by atoms with E-state index in [1.54, 1.807) is 0 Å². The number of thiazole rings is 1. The number of nitrogens with zero attached hydrogens (tertiary/aromatic N) is 1. The summed E-state index contributed by atoms with van der Waals surface area (Å²) in [7, 11) is 0. The van der Waals surface area contributed by atoms with Crippen molar-refractivity contribution in [3.8, 4) is 5.88 Å². The smallest absolute Gasteiger partial charge is 0.307 e. The third kappa shape index (κ3) is 2.86. The number of aromatic nitrogens is 2. The summed E-state index contributed by atoms with van der Waals surface area (Å²) in [5.74, 6) is -0.0215. The van der Waals surface area contributed by atoms with Crippen molar-refractivity contribution in [1.29, 1.82) is 0 Å². The minimum Gasteiger partial charge on any atom is -0.494 e. The van der Waals surface area contributed by atoms with Crippen LogP contribution in [0.25, 0.3) is 10.9 Å². The first-order chi connectivity index (χ1) is 11.7. The summed E-state index contributed by atoms with van der Waals surface area (Å²) in [6.07, 6.45) is 2.64. The fraction of sp³-hybridized carbons (Fsp3) is 0.105. The number of aromatic amines is 1. The molecule has 0 aliphatic carbocycles. The van der Waals surface area contributed by atoms with Crippen molar-refractivity contribution in [3.05, 3.63) is 86.5 Å². The zero-order valence-corrected chi connectivity index (χ0v) is 13.7. The first-order valence-corrected chi connectivity index (χ1v) is 8.53. The predicted octanol–water partition coefficient (Wildman–Crippen LogP) is 3.74. The maximum absolute atomic E-state index is 11.3. The molecule has 0 saturated heterocycles. The number of fused-ring (bicyclic) bond motifs is 1. The van der Waals surface area contributed by atoms with Crippen LogP contribution in [0, 0.1) is 0 Å². The molecule has 4 nitrogen and oxygen atoms in total. The van der Waals surface area contributed by atoms with Gasteiger partial charge >= 0.3 is 4.87 Å². The maximum atomic E-state index is 11.3. The van der Waals surface area contributed by atoms with Crippen LogP contribution in [0.3, 0.4) is 0 Å². The summed E-state index contributed by atoms with van der Waals surface area (Å²) in [4.78, 5) is 14.1. The fourth-order valence-corrected chi connectivity index (χ4v) is 3.69. The molecule has 0 bridgehead atoms. The largest absolute Gasteiger partial charge is 0.494 e. The number of nitrogens with one attached hydrogen (secondary N) is 1. The average molecular weight is 336 g/mol. The van der Waals surface area contributed by atoms with Gasteiger partial charge in [-0.2, -0.15) is 0 Å². The maximum Gasteiger partial charge on any atom is 0.307 e. The van der Waals surface area contributed by atoms with Crippen molar-refractivity contribution in [1.82, 2.24) is 9.55 Å². The number of hydrogen-bond donors (Lipinski definition) is 2. The third-order valence-corrected chi connectivity index (χ3v) is 4.97. The van der Waals surface area contributed by atoms with Gasteiger partial charge in [0.25, 0.3) is 0 Å². The molecule has 0 saturated carbocycles. The first kappa shape index (κ1) is 14.8. The van der Waals surface area contributed by atoms with Crippen LogP contribution in [0.5, 0.6) is 5.88 Å². The molecule has 0 fully saturated rings. The average Bonchev–Trinajstić information content (AvgIpc) is 3.11. The van der Waals surface area contributed by atoms with E-state index in [2.05, 4.69) is 46.1 Å². The first-order valence-electron chi connectivity index (χ1n) is 7.72. The van der Waals surface area contributed by atoms with Gasteiger partial charge in [-0.15, -0.1) is 0 Å². The van der Waals surface area contributed by atoms with Crippen LogP contribution in [-0.4, -0.2) is 14.7 Å². The van der Waals surface area contributed by atoms with E-state index in [0.717, 1.165) is 28.8 Å². The number of aromatic hydroxyl groups is 1. The van der Waals surface area contributed by atoms with Gasteiger partial charge in [0.2, 0.25) is 5.88 Å². The Hall–Kier alpha value is -2.79. The molecule has 2 aromatic carbocycles. The van der Waals surface area contributed by atoms with E-state index in [0.29, 0.717) is 11.3 Å². The summed E-state index contributed by atoms with van der Waals surface area (Å²) in [5, 5.41) is 10.9. The monoisotopic (exact) mass is 336 g/mol. The summed E-state index contributed by atoms with van der Waals surface area (Å²) >= 11 is 1.06. The second-order valence-corrected chi connectivity index (χ2v) is 6.85. The molecule has 4 rings (SSSR count). The van der Waals surface area contributed by atoms with Crippen molar-refractivity contribution in [3.63, 3.8) is 0 Å². The second-order valence-electron chi connectivity index (χ2n) is 5.79. The minimum atomic E-state index is -0.224. The number of rotatable bonds is 4. The molecule has 0 unspecified atom stereocenters. The Morgan fingerprint density at radius 3 is 2.62 bits per heavy atom. The molecule has 2 N–H and O–H groups in total. The van der Waals surface area contributed by atoms with Gasteiger partial charge in [-0.05, 0) is 34.7 Å². The normalized spacial score (nSPS) is 11.2. The molecule has 0 aliphatic heterocycles. The van der Waals surface area contributed by atoms with E-state index in [4.69, 9.17) is 0 Å². The highest BCUT2D eigenvalue weighted by molar-refractivity contribution is 7.09. The Morgan fingerprint density at radius 2 is 1.88 bits per heavy atom. The van der Waals surface area contributed by atoms with Crippen molar-refractivity contribution in [2.24, 2.45) is 0 Å². The zero-order chi connectivity index (χ0) is 16.5. The van der Waals surface area contributed by atoms with E-state index in [-0.39, 0.29) is 10.8 Å². The van der Waals surface area contributed by atoms with Gasteiger partial charge in [0.1, 0.15) is 0 Å². The fourth-order valence-electron chi connectivity index (χ4n) is 2.93. The van der Waals surface area contributed by atoms with Crippen molar-refractivity contribution < 1.29 is 5.11 Å². The SMILES string of the molecule is O=c1[nH]c(O)c(Cc2ccc3c(ccn3Cc3ccccc3)c2)s1. The Morgan fingerprint density at radius 1 is 1.04 bits per heavy atom. The number of benzene rings is 2. The molecule has 0 spiro atoms. The Kier molecular flexibility index (Phi) is 3.70. The van der Waals surface area contributed by atoms with Gasteiger partial charge in [-0.3, -0.25) is 9.78 Å². The highest BCUT2D eigenvalue weighted by atomic mass is 32.1. The van der Waals surface area contributed by atoms with Gasteiger partial charge in [0, 0.05) is 24.7 Å². The summed E-state index contributed by atoms with van der Waals surface area (Å²) < 4.78 is 2.22. The van der Waals surface area contributed by atoms with E-state index < -0.39 is 0 Å². The molecule has 0 aliphatic rings. The molecular weight excluding hydrogens is 320 g/mol. The van der Waals surface area contributed by atoms with Gasteiger partial charge in [-0.25, -0.2) is 0 Å². The molecule has 5 heteroatoms. The van der Waals surface area contributed by atoms with Gasteiger partial charge in [0.15, 0.2) is 0 Å².